The number of rotatable bonds is 15. The number of nitrogens with one attached hydrogen (secondary N) is 1. The highest BCUT2D eigenvalue weighted by Crippen LogP contribution is 2.35. The molecule has 0 aromatic carbocycles. The van der Waals surface area contributed by atoms with Crippen LogP contribution in [0.2, 0.25) is 0 Å². The van der Waals surface area contributed by atoms with Crippen molar-refractivity contribution >= 4 is 0 Å². The number of hydrogen-bond donors (Lipinski definition) is 3. The Bertz CT molecular complexity index is 446. The average Bonchev–Trinajstić information content (AvgIpc) is 2.77. The molecule has 4 N–H and O–H groups in total. The summed E-state index contributed by atoms with van der Waals surface area (Å²) in [4.78, 5) is 0. The number of nitrogens with two attached hydrogens (primary N) is 1. The predicted molar refractivity (Wildman–Crippen MR) is 131 cm³/mol. The molecule has 0 spiro atoms. The zero-order valence-electron chi connectivity index (χ0n) is 19.6. The molecule has 2 aliphatic carbocycles. The van der Waals surface area contributed by atoms with E-state index >= 15 is 0 Å². The van der Waals surface area contributed by atoms with Crippen molar-refractivity contribution < 1.29 is 5.11 Å². The molecular weight excluding hydrogens is 368 g/mol. The van der Waals surface area contributed by atoms with Gasteiger partial charge in [0.25, 0.3) is 0 Å². The van der Waals surface area contributed by atoms with Gasteiger partial charge in [-0.3, -0.25) is 0 Å². The van der Waals surface area contributed by atoms with Crippen LogP contribution in [0.1, 0.15) is 122 Å². The topological polar surface area (TPSA) is 58.3 Å². The van der Waals surface area contributed by atoms with Crippen LogP contribution < -0.4 is 11.1 Å². The van der Waals surface area contributed by atoms with Gasteiger partial charge in [-0.2, -0.15) is 0 Å². The third-order valence-electron chi connectivity index (χ3n) is 7.45. The fraction of sp³-hybridized carbons (Fsp3) is 0.852. The summed E-state index contributed by atoms with van der Waals surface area (Å²) in [6.45, 7) is 0. The molecule has 0 aromatic heterocycles. The first kappa shape index (κ1) is 25.3. The lowest BCUT2D eigenvalue weighted by Gasteiger charge is -2.33. The Morgan fingerprint density at radius 2 is 1.17 bits per heavy atom. The molecule has 2 saturated carbocycles. The van der Waals surface area contributed by atoms with Gasteiger partial charge in [0.2, 0.25) is 0 Å². The number of unbranched alkanes of at least 4 members (excludes halogenated alkanes) is 9. The maximum atomic E-state index is 8.58. The summed E-state index contributed by atoms with van der Waals surface area (Å²) >= 11 is 0. The van der Waals surface area contributed by atoms with Crippen LogP contribution in [0.5, 0.6) is 0 Å². The quantitative estimate of drug-likeness (QED) is 0.190. The Hall–Kier alpha value is -0.960. The van der Waals surface area contributed by atoms with E-state index in [1.807, 2.05) is 6.08 Å². The van der Waals surface area contributed by atoms with Crippen molar-refractivity contribution in [2.24, 2.45) is 17.6 Å². The molecule has 3 heteroatoms. The van der Waals surface area contributed by atoms with Crippen molar-refractivity contribution in [2.45, 2.75) is 134 Å². The molecule has 2 fully saturated rings. The molecule has 0 bridgehead atoms. The van der Waals surface area contributed by atoms with Gasteiger partial charge in [-0.15, -0.1) is 0 Å². The minimum absolute atomic E-state index is 0.490. The summed E-state index contributed by atoms with van der Waals surface area (Å²) < 4.78 is 0. The lowest BCUT2D eigenvalue weighted by molar-refractivity contribution is 0.219. The second-order valence-corrected chi connectivity index (χ2v) is 10.1. The zero-order valence-corrected chi connectivity index (χ0v) is 19.6. The third kappa shape index (κ3) is 12.0. The smallest absolute Gasteiger partial charge is 0.0751 e. The SMILES string of the molecule is NC1CCC(CC2CCC(N/C=C/CCCCCCCCCC/C=C/O)CC2)CC1. The lowest BCUT2D eigenvalue weighted by Crippen LogP contribution is -2.31. The van der Waals surface area contributed by atoms with Crippen LogP contribution >= 0.6 is 0 Å². The minimum Gasteiger partial charge on any atom is -0.516 e. The normalized spacial score (nSPS) is 27.8. The van der Waals surface area contributed by atoms with E-state index in [1.54, 1.807) is 0 Å². The molecule has 0 amide bonds. The standard InChI is InChI=1S/C27H50N2O/c28-26-17-13-24(14-18-26)23-25-15-19-27(20-16-25)29-21-11-9-7-5-3-1-2-4-6-8-10-12-22-30/h11-12,21-22,24-27,29-30H,1-10,13-20,23,28H2/b21-11+,22-12+. The third-order valence-corrected chi connectivity index (χ3v) is 7.45. The van der Waals surface area contributed by atoms with E-state index in [1.165, 1.54) is 122 Å². The minimum atomic E-state index is 0.490. The molecule has 30 heavy (non-hydrogen) atoms. The van der Waals surface area contributed by atoms with Gasteiger partial charge >= 0.3 is 0 Å². The van der Waals surface area contributed by atoms with Crippen LogP contribution in [0, 0.1) is 11.8 Å². The highest BCUT2D eigenvalue weighted by atomic mass is 16.2. The molecule has 2 aliphatic rings. The van der Waals surface area contributed by atoms with E-state index in [0.29, 0.717) is 12.1 Å². The summed E-state index contributed by atoms with van der Waals surface area (Å²) in [6.07, 6.45) is 32.9. The van der Waals surface area contributed by atoms with Crippen LogP contribution in [0.3, 0.4) is 0 Å². The Labute approximate surface area is 187 Å². The molecule has 0 unspecified atom stereocenters. The van der Waals surface area contributed by atoms with E-state index in [2.05, 4.69) is 17.6 Å². The van der Waals surface area contributed by atoms with Gasteiger partial charge in [-0.05, 0) is 102 Å². The molecule has 3 nitrogen and oxygen atoms in total. The summed E-state index contributed by atoms with van der Waals surface area (Å²) in [5, 5.41) is 12.3. The Morgan fingerprint density at radius 1 is 0.667 bits per heavy atom. The van der Waals surface area contributed by atoms with Crippen LogP contribution in [-0.2, 0) is 0 Å². The second-order valence-electron chi connectivity index (χ2n) is 10.1. The number of aliphatic hydroxyl groups excluding tert-OH is 1. The number of aliphatic hydroxyl groups is 1. The zero-order chi connectivity index (χ0) is 21.3. The fourth-order valence-corrected chi connectivity index (χ4v) is 5.41. The van der Waals surface area contributed by atoms with Gasteiger partial charge in [-0.25, -0.2) is 0 Å². The van der Waals surface area contributed by atoms with Gasteiger partial charge in [-0.1, -0.05) is 50.7 Å². The van der Waals surface area contributed by atoms with Gasteiger partial charge in [0.15, 0.2) is 0 Å². The molecule has 0 heterocycles. The molecule has 0 aromatic rings. The summed E-state index contributed by atoms with van der Waals surface area (Å²) in [7, 11) is 0. The molecular formula is C27H50N2O. The molecule has 0 radical (unpaired) electrons. The first-order valence-corrected chi connectivity index (χ1v) is 13.2. The van der Waals surface area contributed by atoms with Crippen molar-refractivity contribution in [2.75, 3.05) is 0 Å². The number of allylic oxidation sites excluding steroid dienone is 2. The van der Waals surface area contributed by atoms with Crippen LogP contribution in [0.15, 0.2) is 24.6 Å². The van der Waals surface area contributed by atoms with Crippen molar-refractivity contribution in [1.29, 1.82) is 0 Å². The Kier molecular flexibility index (Phi) is 14.1. The molecule has 174 valence electrons. The average molecular weight is 419 g/mol. The second kappa shape index (κ2) is 16.7. The Morgan fingerprint density at radius 3 is 1.73 bits per heavy atom. The van der Waals surface area contributed by atoms with Crippen LogP contribution in [0.25, 0.3) is 0 Å². The molecule has 0 saturated heterocycles. The van der Waals surface area contributed by atoms with Crippen LogP contribution in [0.4, 0.5) is 0 Å². The maximum Gasteiger partial charge on any atom is 0.0751 e. The van der Waals surface area contributed by atoms with Crippen molar-refractivity contribution in [3.8, 4) is 0 Å². The maximum absolute atomic E-state index is 8.58. The van der Waals surface area contributed by atoms with Crippen molar-refractivity contribution in [1.82, 2.24) is 5.32 Å². The number of hydrogen-bond acceptors (Lipinski definition) is 3. The summed E-state index contributed by atoms with van der Waals surface area (Å²) in [6, 6.07) is 1.20. The first-order valence-electron chi connectivity index (χ1n) is 13.2. The predicted octanol–water partition coefficient (Wildman–Crippen LogP) is 7.53. The van der Waals surface area contributed by atoms with E-state index in [0.717, 1.165) is 18.3 Å². The lowest BCUT2D eigenvalue weighted by atomic mass is 9.76. The van der Waals surface area contributed by atoms with Crippen molar-refractivity contribution in [3.05, 3.63) is 24.6 Å². The molecule has 0 aliphatic heterocycles. The largest absolute Gasteiger partial charge is 0.516 e. The highest BCUT2D eigenvalue weighted by Gasteiger charge is 2.25. The van der Waals surface area contributed by atoms with E-state index in [4.69, 9.17) is 10.8 Å². The van der Waals surface area contributed by atoms with E-state index < -0.39 is 0 Å². The fourth-order valence-electron chi connectivity index (χ4n) is 5.41. The van der Waals surface area contributed by atoms with Gasteiger partial charge in [0.05, 0.1) is 6.26 Å². The van der Waals surface area contributed by atoms with Gasteiger partial charge in [0.1, 0.15) is 0 Å². The van der Waals surface area contributed by atoms with E-state index in [9.17, 15) is 0 Å². The summed E-state index contributed by atoms with van der Waals surface area (Å²) in [5.74, 6) is 1.94. The summed E-state index contributed by atoms with van der Waals surface area (Å²) in [5.41, 5.74) is 6.05. The van der Waals surface area contributed by atoms with Gasteiger partial charge < -0.3 is 16.2 Å². The first-order chi connectivity index (χ1) is 14.8. The van der Waals surface area contributed by atoms with E-state index in [-0.39, 0.29) is 0 Å². The van der Waals surface area contributed by atoms with Gasteiger partial charge in [0, 0.05) is 12.1 Å². The molecule has 0 atom stereocenters. The van der Waals surface area contributed by atoms with Crippen LogP contribution in [-0.4, -0.2) is 17.2 Å². The van der Waals surface area contributed by atoms with Crippen molar-refractivity contribution in [3.63, 3.8) is 0 Å². The molecule has 2 rings (SSSR count). The highest BCUT2D eigenvalue weighted by molar-refractivity contribution is 4.87. The monoisotopic (exact) mass is 418 g/mol. The Balaban J connectivity index is 1.36.